The first kappa shape index (κ1) is 15.3. The Bertz CT molecular complexity index is 910. The summed E-state index contributed by atoms with van der Waals surface area (Å²) in [7, 11) is 0. The Kier molecular flexibility index (Phi) is 4.03. The lowest BCUT2D eigenvalue weighted by molar-refractivity contribution is 0.247. The minimum Gasteiger partial charge on any atom is -0.354 e. The van der Waals surface area contributed by atoms with E-state index in [2.05, 4.69) is 25.1 Å². The molecule has 0 atom stereocenters. The van der Waals surface area contributed by atoms with E-state index in [0.717, 1.165) is 49.2 Å². The minimum atomic E-state index is -0.0315. The standard InChI is InChI=1S/C17H19N5OS/c1-13-18-14(12-24-13)11-20-6-8-21(9-7-20)16-10-17(23)22-5-3-2-4-15(22)19-16/h2-5,10,12H,6-9,11H2,1H3. The number of thiazole rings is 1. The topological polar surface area (TPSA) is 53.7 Å². The zero-order chi connectivity index (χ0) is 16.5. The summed E-state index contributed by atoms with van der Waals surface area (Å²) in [6, 6.07) is 7.24. The molecule has 0 aromatic carbocycles. The van der Waals surface area contributed by atoms with Gasteiger partial charge in [-0.15, -0.1) is 11.3 Å². The third-order valence-corrected chi connectivity index (χ3v) is 5.13. The molecular weight excluding hydrogens is 322 g/mol. The Morgan fingerprint density at radius 1 is 1.17 bits per heavy atom. The normalized spacial score (nSPS) is 16.0. The Morgan fingerprint density at radius 3 is 2.75 bits per heavy atom. The zero-order valence-electron chi connectivity index (χ0n) is 13.6. The van der Waals surface area contributed by atoms with Crippen LogP contribution in [0.2, 0.25) is 0 Å². The number of aromatic nitrogens is 3. The highest BCUT2D eigenvalue weighted by Crippen LogP contribution is 2.16. The van der Waals surface area contributed by atoms with Gasteiger partial charge >= 0.3 is 0 Å². The molecule has 4 heterocycles. The van der Waals surface area contributed by atoms with Gasteiger partial charge in [-0.3, -0.25) is 14.1 Å². The third-order valence-electron chi connectivity index (χ3n) is 4.31. The van der Waals surface area contributed by atoms with Gasteiger partial charge in [0.05, 0.1) is 10.7 Å². The average molecular weight is 341 g/mol. The first-order chi connectivity index (χ1) is 11.7. The van der Waals surface area contributed by atoms with E-state index in [1.807, 2.05) is 25.1 Å². The maximum atomic E-state index is 12.2. The van der Waals surface area contributed by atoms with E-state index in [9.17, 15) is 4.79 Å². The van der Waals surface area contributed by atoms with E-state index >= 15 is 0 Å². The number of nitrogens with zero attached hydrogens (tertiary/aromatic N) is 5. The lowest BCUT2D eigenvalue weighted by Gasteiger charge is -2.35. The fourth-order valence-electron chi connectivity index (χ4n) is 3.05. The van der Waals surface area contributed by atoms with Crippen LogP contribution in [-0.4, -0.2) is 45.4 Å². The zero-order valence-corrected chi connectivity index (χ0v) is 14.4. The lowest BCUT2D eigenvalue weighted by Crippen LogP contribution is -2.46. The van der Waals surface area contributed by atoms with Crippen molar-refractivity contribution >= 4 is 22.8 Å². The average Bonchev–Trinajstić information content (AvgIpc) is 3.00. The summed E-state index contributed by atoms with van der Waals surface area (Å²) < 4.78 is 1.57. The number of rotatable bonds is 3. The summed E-state index contributed by atoms with van der Waals surface area (Å²) >= 11 is 1.70. The highest BCUT2D eigenvalue weighted by molar-refractivity contribution is 7.09. The molecule has 0 aliphatic carbocycles. The Labute approximate surface area is 144 Å². The second kappa shape index (κ2) is 6.33. The highest BCUT2D eigenvalue weighted by Gasteiger charge is 2.19. The molecule has 0 N–H and O–H groups in total. The SMILES string of the molecule is Cc1nc(CN2CCN(c3cc(=O)n4ccccc4n3)CC2)cs1. The molecular formula is C17H19N5OS. The lowest BCUT2D eigenvalue weighted by atomic mass is 10.3. The summed E-state index contributed by atoms with van der Waals surface area (Å²) in [5.41, 5.74) is 1.81. The molecule has 3 aromatic heterocycles. The van der Waals surface area contributed by atoms with E-state index in [0.29, 0.717) is 5.65 Å². The highest BCUT2D eigenvalue weighted by atomic mass is 32.1. The van der Waals surface area contributed by atoms with E-state index in [1.165, 1.54) is 0 Å². The van der Waals surface area contributed by atoms with Crippen LogP contribution in [-0.2, 0) is 6.54 Å². The molecule has 0 unspecified atom stereocenters. The van der Waals surface area contributed by atoms with Crippen LogP contribution in [0.5, 0.6) is 0 Å². The minimum absolute atomic E-state index is 0.0315. The van der Waals surface area contributed by atoms with Gasteiger partial charge in [-0.25, -0.2) is 9.97 Å². The first-order valence-corrected chi connectivity index (χ1v) is 8.94. The molecule has 1 aliphatic rings. The summed E-state index contributed by atoms with van der Waals surface area (Å²) in [6.45, 7) is 6.58. The van der Waals surface area contributed by atoms with Crippen molar-refractivity contribution in [1.29, 1.82) is 0 Å². The van der Waals surface area contributed by atoms with Crippen molar-refractivity contribution < 1.29 is 0 Å². The molecule has 7 heteroatoms. The van der Waals surface area contributed by atoms with E-state index in [1.54, 1.807) is 28.0 Å². The maximum absolute atomic E-state index is 12.2. The van der Waals surface area contributed by atoms with Gasteiger partial charge in [-0.05, 0) is 19.1 Å². The molecule has 0 saturated carbocycles. The van der Waals surface area contributed by atoms with Crippen molar-refractivity contribution in [3.05, 3.63) is 56.9 Å². The van der Waals surface area contributed by atoms with Crippen molar-refractivity contribution in [1.82, 2.24) is 19.3 Å². The second-order valence-corrected chi connectivity index (χ2v) is 7.06. The van der Waals surface area contributed by atoms with Gasteiger partial charge in [0.2, 0.25) is 0 Å². The Morgan fingerprint density at radius 2 is 2.00 bits per heavy atom. The Balaban J connectivity index is 1.46. The van der Waals surface area contributed by atoms with E-state index < -0.39 is 0 Å². The number of hydrogen-bond acceptors (Lipinski definition) is 6. The van der Waals surface area contributed by atoms with Crippen molar-refractivity contribution in [2.45, 2.75) is 13.5 Å². The third kappa shape index (κ3) is 3.05. The molecule has 1 fully saturated rings. The first-order valence-electron chi connectivity index (χ1n) is 8.06. The number of piperazine rings is 1. The molecule has 6 nitrogen and oxygen atoms in total. The monoisotopic (exact) mass is 341 g/mol. The predicted octanol–water partition coefficient (Wildman–Crippen LogP) is 1.78. The van der Waals surface area contributed by atoms with Crippen molar-refractivity contribution in [2.24, 2.45) is 0 Å². The van der Waals surface area contributed by atoms with Gasteiger partial charge < -0.3 is 4.90 Å². The number of fused-ring (bicyclic) bond motifs is 1. The molecule has 1 aliphatic heterocycles. The van der Waals surface area contributed by atoms with Gasteiger partial charge in [0.1, 0.15) is 11.5 Å². The molecule has 4 rings (SSSR count). The Hall–Kier alpha value is -2.25. The number of anilines is 1. The number of pyridine rings is 1. The van der Waals surface area contributed by atoms with Crippen LogP contribution in [0.1, 0.15) is 10.7 Å². The van der Waals surface area contributed by atoms with Gasteiger partial charge in [-0.1, -0.05) is 6.07 Å². The van der Waals surface area contributed by atoms with Gasteiger partial charge in [-0.2, -0.15) is 0 Å². The van der Waals surface area contributed by atoms with Crippen LogP contribution in [0.15, 0.2) is 40.6 Å². The summed E-state index contributed by atoms with van der Waals surface area (Å²) in [4.78, 5) is 26.0. The second-order valence-electron chi connectivity index (χ2n) is 6.00. The van der Waals surface area contributed by atoms with E-state index in [-0.39, 0.29) is 5.56 Å². The van der Waals surface area contributed by atoms with Gasteiger partial charge in [0.15, 0.2) is 0 Å². The van der Waals surface area contributed by atoms with E-state index in [4.69, 9.17) is 0 Å². The summed E-state index contributed by atoms with van der Waals surface area (Å²) in [5, 5.41) is 3.25. The van der Waals surface area contributed by atoms with Crippen LogP contribution in [0.4, 0.5) is 5.82 Å². The quantitative estimate of drug-likeness (QED) is 0.727. The molecule has 0 amide bonds. The number of aryl methyl sites for hydroxylation is 1. The molecule has 0 radical (unpaired) electrons. The fourth-order valence-corrected chi connectivity index (χ4v) is 3.65. The van der Waals surface area contributed by atoms with Crippen LogP contribution in [0, 0.1) is 6.92 Å². The van der Waals surface area contributed by atoms with Crippen LogP contribution >= 0.6 is 11.3 Å². The molecule has 3 aromatic rings. The smallest absolute Gasteiger partial charge is 0.259 e. The maximum Gasteiger partial charge on any atom is 0.259 e. The van der Waals surface area contributed by atoms with Crippen molar-refractivity contribution in [2.75, 3.05) is 31.1 Å². The molecule has 0 bridgehead atoms. The predicted molar refractivity (Wildman–Crippen MR) is 95.8 cm³/mol. The fraction of sp³-hybridized carbons (Fsp3) is 0.353. The largest absolute Gasteiger partial charge is 0.354 e. The van der Waals surface area contributed by atoms with Crippen molar-refractivity contribution in [3.63, 3.8) is 0 Å². The summed E-state index contributed by atoms with van der Waals surface area (Å²) in [6.07, 6.45) is 1.75. The van der Waals surface area contributed by atoms with Crippen molar-refractivity contribution in [3.8, 4) is 0 Å². The van der Waals surface area contributed by atoms with Gasteiger partial charge in [0, 0.05) is 50.4 Å². The molecule has 24 heavy (non-hydrogen) atoms. The number of hydrogen-bond donors (Lipinski definition) is 0. The van der Waals surface area contributed by atoms with Crippen LogP contribution in [0.3, 0.4) is 0 Å². The molecule has 1 saturated heterocycles. The molecule has 0 spiro atoms. The van der Waals surface area contributed by atoms with Gasteiger partial charge in [0.25, 0.3) is 5.56 Å². The van der Waals surface area contributed by atoms with Crippen LogP contribution in [0.25, 0.3) is 5.65 Å². The summed E-state index contributed by atoms with van der Waals surface area (Å²) in [5.74, 6) is 0.773. The van der Waals surface area contributed by atoms with Crippen LogP contribution < -0.4 is 10.5 Å². The molecule has 124 valence electrons.